The molecule has 2 aromatic heterocycles. The van der Waals surface area contributed by atoms with E-state index >= 15 is 0 Å². The Bertz CT molecular complexity index is 1310. The molecule has 0 bridgehead atoms. The van der Waals surface area contributed by atoms with Gasteiger partial charge in [0.1, 0.15) is 17.2 Å². The average Bonchev–Trinajstić information content (AvgIpc) is 3.17. The highest BCUT2D eigenvalue weighted by molar-refractivity contribution is 5.86. The number of fused-ring (bicyclic) bond motifs is 1. The van der Waals surface area contributed by atoms with Crippen molar-refractivity contribution < 1.29 is 22.7 Å². The third kappa shape index (κ3) is 4.22. The van der Waals surface area contributed by atoms with E-state index in [1.807, 2.05) is 30.3 Å². The van der Waals surface area contributed by atoms with Crippen molar-refractivity contribution in [3.63, 3.8) is 0 Å². The van der Waals surface area contributed by atoms with Crippen LogP contribution in [0.1, 0.15) is 5.69 Å². The largest absolute Gasteiger partial charge is 0.471 e. The summed E-state index contributed by atoms with van der Waals surface area (Å²) < 4.78 is 44.5. The van der Waals surface area contributed by atoms with Gasteiger partial charge in [-0.25, -0.2) is 14.3 Å². The van der Waals surface area contributed by atoms with Crippen LogP contribution in [0.25, 0.3) is 21.7 Å². The Morgan fingerprint density at radius 1 is 1.06 bits per heavy atom. The summed E-state index contributed by atoms with van der Waals surface area (Å²) in [6, 6.07) is 17.5. The monoisotopic (exact) mass is 437 g/mol. The number of nitrogens with zero attached hydrogens (tertiary/aromatic N) is 4. The summed E-state index contributed by atoms with van der Waals surface area (Å²) in [5.41, 5.74) is 1.48. The molecule has 10 heteroatoms. The highest BCUT2D eigenvalue weighted by Gasteiger charge is 2.38. The Balaban J connectivity index is 1.64. The molecule has 0 aliphatic heterocycles. The number of para-hydroxylation sites is 1. The van der Waals surface area contributed by atoms with Crippen molar-refractivity contribution in [2.24, 2.45) is 0 Å². The first kappa shape index (κ1) is 20.9. The molecule has 160 valence electrons. The summed E-state index contributed by atoms with van der Waals surface area (Å²) >= 11 is 0. The fraction of sp³-hybridized carbons (Fsp3) is 0.0909. The third-order valence-electron chi connectivity index (χ3n) is 4.48. The molecule has 0 spiro atoms. The summed E-state index contributed by atoms with van der Waals surface area (Å²) in [5, 5.41) is 6.18. The van der Waals surface area contributed by atoms with E-state index in [0.717, 1.165) is 0 Å². The van der Waals surface area contributed by atoms with Crippen LogP contribution < -0.4 is 10.1 Å². The second-order valence-electron chi connectivity index (χ2n) is 6.60. The van der Waals surface area contributed by atoms with E-state index in [0.29, 0.717) is 22.8 Å². The number of carbonyl (C=O) groups excluding carboxylic acids is 1. The molecule has 0 aliphatic rings. The third-order valence-corrected chi connectivity index (χ3v) is 4.48. The second-order valence-corrected chi connectivity index (χ2v) is 6.60. The fourth-order valence-electron chi connectivity index (χ4n) is 2.99. The Labute approximate surface area is 179 Å². The molecular formula is C22H14F3N5O2. The molecule has 0 atom stereocenters. The van der Waals surface area contributed by atoms with Crippen LogP contribution in [0.3, 0.4) is 0 Å². The lowest BCUT2D eigenvalue weighted by molar-refractivity contribution is -0.173. The van der Waals surface area contributed by atoms with Gasteiger partial charge in [-0.1, -0.05) is 30.3 Å². The van der Waals surface area contributed by atoms with Gasteiger partial charge in [-0.05, 0) is 35.9 Å². The van der Waals surface area contributed by atoms with Crippen LogP contribution in [0, 0.1) is 6.57 Å². The van der Waals surface area contributed by atoms with Gasteiger partial charge >= 0.3 is 12.1 Å². The molecule has 0 aliphatic carbocycles. The van der Waals surface area contributed by atoms with Crippen molar-refractivity contribution in [3.05, 3.63) is 84.0 Å². The molecule has 2 heterocycles. The molecule has 2 aromatic carbocycles. The first-order valence-corrected chi connectivity index (χ1v) is 9.29. The van der Waals surface area contributed by atoms with Gasteiger partial charge in [0.2, 0.25) is 0 Å². The van der Waals surface area contributed by atoms with E-state index in [1.54, 1.807) is 29.6 Å². The maximum absolute atomic E-state index is 12.5. The highest BCUT2D eigenvalue weighted by atomic mass is 19.4. The zero-order chi connectivity index (χ0) is 22.7. The highest BCUT2D eigenvalue weighted by Crippen LogP contribution is 2.34. The number of hydrogen-bond donors (Lipinski definition) is 1. The molecule has 32 heavy (non-hydrogen) atoms. The molecular weight excluding hydrogens is 423 g/mol. The number of hydrogen-bond acceptors (Lipinski definition) is 4. The molecule has 0 fully saturated rings. The van der Waals surface area contributed by atoms with Crippen LogP contribution >= 0.6 is 0 Å². The van der Waals surface area contributed by atoms with E-state index in [-0.39, 0.29) is 17.0 Å². The van der Waals surface area contributed by atoms with E-state index in [4.69, 9.17) is 11.3 Å². The van der Waals surface area contributed by atoms with Gasteiger partial charge in [0.15, 0.2) is 5.65 Å². The van der Waals surface area contributed by atoms with Gasteiger partial charge < -0.3 is 10.1 Å². The Hall–Kier alpha value is -4.39. The number of alkyl halides is 3. The van der Waals surface area contributed by atoms with Gasteiger partial charge in [0.05, 0.1) is 18.8 Å². The van der Waals surface area contributed by atoms with E-state index in [2.05, 4.69) is 14.9 Å². The number of nitrogens with one attached hydrogen (secondary N) is 1. The first-order valence-electron chi connectivity index (χ1n) is 9.29. The summed E-state index contributed by atoms with van der Waals surface area (Å²) in [7, 11) is 0. The molecule has 7 nitrogen and oxygen atoms in total. The quantitative estimate of drug-likeness (QED) is 0.450. The molecule has 1 N–H and O–H groups in total. The molecule has 1 amide bonds. The molecule has 0 radical (unpaired) electrons. The number of ether oxygens (including phenoxy) is 1. The second kappa shape index (κ2) is 8.39. The fourth-order valence-corrected chi connectivity index (χ4v) is 2.99. The van der Waals surface area contributed by atoms with Crippen LogP contribution in [-0.2, 0) is 11.3 Å². The molecule has 4 rings (SSSR count). The number of carbonyl (C=O) groups is 1. The van der Waals surface area contributed by atoms with Crippen molar-refractivity contribution in [1.82, 2.24) is 19.9 Å². The van der Waals surface area contributed by atoms with Crippen LogP contribution in [0.4, 0.5) is 18.9 Å². The average molecular weight is 437 g/mol. The van der Waals surface area contributed by atoms with Gasteiger partial charge in [-0.2, -0.15) is 18.3 Å². The van der Waals surface area contributed by atoms with Crippen molar-refractivity contribution in [3.8, 4) is 22.8 Å². The standard InChI is InChI=1S/C22H14F3N5O2/c1-26-19-18(14-7-9-17(10-8-14)32-16-5-3-2-4-6-16)29-30-15(11-12-27-20(19)30)13-28-21(31)22(23,24)25/h2-12H,13H2,(H,28,31). The number of benzene rings is 2. The van der Waals surface area contributed by atoms with Crippen molar-refractivity contribution in [1.29, 1.82) is 0 Å². The lowest BCUT2D eigenvalue weighted by Crippen LogP contribution is -2.36. The summed E-state index contributed by atoms with van der Waals surface area (Å²) in [5.74, 6) is -0.805. The minimum atomic E-state index is -4.99. The van der Waals surface area contributed by atoms with Crippen LogP contribution in [-0.4, -0.2) is 26.7 Å². The summed E-state index contributed by atoms with van der Waals surface area (Å²) in [4.78, 5) is 18.8. The Morgan fingerprint density at radius 3 is 2.41 bits per heavy atom. The van der Waals surface area contributed by atoms with E-state index in [1.165, 1.54) is 16.8 Å². The van der Waals surface area contributed by atoms with Gasteiger partial charge in [-0.3, -0.25) is 4.79 Å². The van der Waals surface area contributed by atoms with E-state index in [9.17, 15) is 18.0 Å². The first-order chi connectivity index (χ1) is 15.4. The summed E-state index contributed by atoms with van der Waals surface area (Å²) in [6.07, 6.45) is -3.64. The van der Waals surface area contributed by atoms with Crippen LogP contribution in [0.2, 0.25) is 0 Å². The van der Waals surface area contributed by atoms with Crippen LogP contribution in [0.5, 0.6) is 11.5 Å². The number of aromatic nitrogens is 3. The van der Waals surface area contributed by atoms with Gasteiger partial charge in [-0.15, -0.1) is 0 Å². The zero-order valence-electron chi connectivity index (χ0n) is 16.3. The van der Waals surface area contributed by atoms with Crippen LogP contribution in [0.15, 0.2) is 66.9 Å². The predicted octanol–water partition coefficient (Wildman–Crippen LogP) is 4.92. The van der Waals surface area contributed by atoms with E-state index < -0.39 is 18.6 Å². The lowest BCUT2D eigenvalue weighted by atomic mass is 10.1. The topological polar surface area (TPSA) is 72.9 Å². The maximum Gasteiger partial charge on any atom is 0.471 e. The Morgan fingerprint density at radius 2 is 1.75 bits per heavy atom. The normalized spacial score (nSPS) is 11.2. The van der Waals surface area contributed by atoms with Gasteiger partial charge in [0, 0.05) is 6.20 Å². The molecule has 0 unspecified atom stereocenters. The minimum absolute atomic E-state index is 0.144. The van der Waals surface area contributed by atoms with Crippen molar-refractivity contribution in [2.75, 3.05) is 0 Å². The Kier molecular flexibility index (Phi) is 5.47. The lowest BCUT2D eigenvalue weighted by Gasteiger charge is -2.09. The molecule has 0 saturated carbocycles. The zero-order valence-corrected chi connectivity index (χ0v) is 16.3. The number of halogens is 3. The van der Waals surface area contributed by atoms with Crippen molar-refractivity contribution >= 4 is 17.2 Å². The van der Waals surface area contributed by atoms with Crippen molar-refractivity contribution in [2.45, 2.75) is 12.7 Å². The molecule has 4 aromatic rings. The number of rotatable bonds is 5. The minimum Gasteiger partial charge on any atom is -0.457 e. The smallest absolute Gasteiger partial charge is 0.457 e. The summed E-state index contributed by atoms with van der Waals surface area (Å²) in [6.45, 7) is 7.10. The maximum atomic E-state index is 12.5. The molecule has 0 saturated heterocycles. The van der Waals surface area contributed by atoms with Gasteiger partial charge in [0.25, 0.3) is 5.69 Å². The SMILES string of the molecule is [C-]#[N+]c1c(-c2ccc(Oc3ccccc3)cc2)nn2c(CNC(=O)C(F)(F)F)ccnc12. The number of amides is 1. The predicted molar refractivity (Wildman–Crippen MR) is 109 cm³/mol.